The third kappa shape index (κ3) is 5.04. The van der Waals surface area contributed by atoms with Crippen LogP contribution in [-0.4, -0.2) is 58.4 Å². The largest absolute Gasteiger partial charge is 0.370 e. The zero-order chi connectivity index (χ0) is 18.4. The SMILES string of the molecule is CCNC(=NCCCc1nc(C)cs1)N1CCOC(c2cnn(C)c2)C1. The van der Waals surface area contributed by atoms with Crippen LogP contribution in [0.1, 0.15) is 35.7 Å². The van der Waals surface area contributed by atoms with E-state index in [-0.39, 0.29) is 6.10 Å². The minimum absolute atomic E-state index is 0.0413. The lowest BCUT2D eigenvalue weighted by Gasteiger charge is -2.34. The zero-order valence-corrected chi connectivity index (χ0v) is 16.6. The molecule has 2 aromatic heterocycles. The number of morpholine rings is 1. The van der Waals surface area contributed by atoms with E-state index in [0.29, 0.717) is 6.61 Å². The van der Waals surface area contributed by atoms with Crippen LogP contribution in [0.15, 0.2) is 22.8 Å². The number of nitrogens with one attached hydrogen (secondary N) is 1. The number of aliphatic imine (C=N–C) groups is 1. The van der Waals surface area contributed by atoms with Crippen LogP contribution in [0.4, 0.5) is 0 Å². The van der Waals surface area contributed by atoms with Crippen LogP contribution in [0.25, 0.3) is 0 Å². The Kier molecular flexibility index (Phi) is 6.62. The second-order valence-electron chi connectivity index (χ2n) is 6.47. The molecule has 0 saturated carbocycles. The molecule has 0 aromatic carbocycles. The number of guanidine groups is 1. The molecule has 1 atom stereocenters. The predicted molar refractivity (Wildman–Crippen MR) is 105 cm³/mol. The van der Waals surface area contributed by atoms with Gasteiger partial charge in [0.05, 0.1) is 24.4 Å². The van der Waals surface area contributed by atoms with Crippen LogP contribution in [0.5, 0.6) is 0 Å². The molecule has 1 aliphatic rings. The van der Waals surface area contributed by atoms with Gasteiger partial charge < -0.3 is 15.0 Å². The second-order valence-corrected chi connectivity index (χ2v) is 7.42. The van der Waals surface area contributed by atoms with Gasteiger partial charge in [0.25, 0.3) is 0 Å². The van der Waals surface area contributed by atoms with Crippen molar-refractivity contribution in [2.45, 2.75) is 32.8 Å². The van der Waals surface area contributed by atoms with E-state index in [1.54, 1.807) is 11.3 Å². The van der Waals surface area contributed by atoms with Gasteiger partial charge >= 0.3 is 0 Å². The maximum Gasteiger partial charge on any atom is 0.194 e. The van der Waals surface area contributed by atoms with Crippen molar-refractivity contribution in [2.24, 2.45) is 12.0 Å². The lowest BCUT2D eigenvalue weighted by molar-refractivity contribution is -0.00804. The maximum absolute atomic E-state index is 5.94. The van der Waals surface area contributed by atoms with E-state index < -0.39 is 0 Å². The summed E-state index contributed by atoms with van der Waals surface area (Å²) in [6.45, 7) is 8.15. The molecule has 0 amide bonds. The van der Waals surface area contributed by atoms with Crippen LogP contribution < -0.4 is 5.32 Å². The standard InChI is InChI=1S/C18H28N6OS/c1-4-19-18(20-7-5-6-17-22-14(2)13-26-17)24-8-9-25-16(12-24)15-10-21-23(3)11-15/h10-11,13,16H,4-9,12H2,1-3H3,(H,19,20). The first kappa shape index (κ1) is 18.8. The first-order valence-electron chi connectivity index (χ1n) is 9.20. The molecule has 0 spiro atoms. The van der Waals surface area contributed by atoms with Crippen LogP contribution in [0.3, 0.4) is 0 Å². The molecular weight excluding hydrogens is 348 g/mol. The molecule has 26 heavy (non-hydrogen) atoms. The molecule has 142 valence electrons. The number of rotatable bonds is 6. The van der Waals surface area contributed by atoms with Crippen LogP contribution in [0.2, 0.25) is 0 Å². The minimum Gasteiger partial charge on any atom is -0.370 e. The molecular formula is C18H28N6OS. The Labute approximate surface area is 159 Å². The van der Waals surface area contributed by atoms with Crippen LogP contribution in [0, 0.1) is 6.92 Å². The summed E-state index contributed by atoms with van der Waals surface area (Å²) >= 11 is 1.74. The van der Waals surface area contributed by atoms with Gasteiger partial charge in [-0.3, -0.25) is 9.67 Å². The molecule has 3 heterocycles. The van der Waals surface area contributed by atoms with Crippen molar-refractivity contribution in [3.05, 3.63) is 34.0 Å². The van der Waals surface area contributed by atoms with Crippen LogP contribution in [-0.2, 0) is 18.2 Å². The number of nitrogens with zero attached hydrogens (tertiary/aromatic N) is 5. The lowest BCUT2D eigenvalue weighted by Crippen LogP contribution is -2.48. The van der Waals surface area contributed by atoms with E-state index in [4.69, 9.17) is 9.73 Å². The summed E-state index contributed by atoms with van der Waals surface area (Å²) in [6.07, 6.45) is 5.95. The number of hydrogen-bond acceptors (Lipinski definition) is 5. The average molecular weight is 377 g/mol. The Balaban J connectivity index is 1.56. The molecule has 7 nitrogen and oxygen atoms in total. The van der Waals surface area contributed by atoms with Gasteiger partial charge in [0.2, 0.25) is 0 Å². The van der Waals surface area contributed by atoms with E-state index in [0.717, 1.165) is 56.2 Å². The van der Waals surface area contributed by atoms with Crippen molar-refractivity contribution in [3.8, 4) is 0 Å². The summed E-state index contributed by atoms with van der Waals surface area (Å²) in [6, 6.07) is 0. The predicted octanol–water partition coefficient (Wildman–Crippen LogP) is 2.16. The van der Waals surface area contributed by atoms with Crippen molar-refractivity contribution in [1.82, 2.24) is 25.0 Å². The Hall–Kier alpha value is -1.93. The van der Waals surface area contributed by atoms with E-state index >= 15 is 0 Å². The summed E-state index contributed by atoms with van der Waals surface area (Å²) < 4.78 is 7.75. The van der Waals surface area contributed by atoms with Crippen molar-refractivity contribution >= 4 is 17.3 Å². The van der Waals surface area contributed by atoms with Gasteiger partial charge in [-0.25, -0.2) is 4.98 Å². The topological polar surface area (TPSA) is 67.6 Å². The molecule has 1 N–H and O–H groups in total. The summed E-state index contributed by atoms with van der Waals surface area (Å²) in [7, 11) is 1.93. The third-order valence-electron chi connectivity index (χ3n) is 4.27. The fourth-order valence-corrected chi connectivity index (χ4v) is 3.83. The normalized spacial score (nSPS) is 18.3. The Morgan fingerprint density at radius 2 is 2.38 bits per heavy atom. The summed E-state index contributed by atoms with van der Waals surface area (Å²) in [5.41, 5.74) is 2.23. The highest BCUT2D eigenvalue weighted by atomic mass is 32.1. The van der Waals surface area contributed by atoms with Gasteiger partial charge in [-0.2, -0.15) is 5.10 Å². The summed E-state index contributed by atoms with van der Waals surface area (Å²) in [5.74, 6) is 0.972. The molecule has 0 aliphatic carbocycles. The van der Waals surface area contributed by atoms with Gasteiger partial charge in [0, 0.05) is 55.9 Å². The molecule has 1 saturated heterocycles. The van der Waals surface area contributed by atoms with Gasteiger partial charge in [0.1, 0.15) is 6.10 Å². The zero-order valence-electron chi connectivity index (χ0n) is 15.8. The first-order chi connectivity index (χ1) is 12.7. The van der Waals surface area contributed by atoms with E-state index in [9.17, 15) is 0 Å². The van der Waals surface area contributed by atoms with E-state index in [1.807, 2.05) is 31.0 Å². The molecule has 2 aromatic rings. The van der Waals surface area contributed by atoms with Crippen molar-refractivity contribution < 1.29 is 4.74 Å². The highest BCUT2D eigenvalue weighted by Gasteiger charge is 2.25. The number of ether oxygens (including phenoxy) is 1. The van der Waals surface area contributed by atoms with Gasteiger partial charge in [0.15, 0.2) is 5.96 Å². The maximum atomic E-state index is 5.94. The molecule has 3 rings (SSSR count). The highest BCUT2D eigenvalue weighted by molar-refractivity contribution is 7.09. The monoisotopic (exact) mass is 376 g/mol. The number of aryl methyl sites for hydroxylation is 3. The van der Waals surface area contributed by atoms with E-state index in [1.165, 1.54) is 5.01 Å². The van der Waals surface area contributed by atoms with E-state index in [2.05, 4.69) is 32.6 Å². The molecule has 8 heteroatoms. The average Bonchev–Trinajstić information content (AvgIpc) is 3.26. The van der Waals surface area contributed by atoms with Crippen molar-refractivity contribution in [2.75, 3.05) is 32.8 Å². The fourth-order valence-electron chi connectivity index (χ4n) is 3.01. The van der Waals surface area contributed by atoms with Crippen molar-refractivity contribution in [1.29, 1.82) is 0 Å². The summed E-state index contributed by atoms with van der Waals surface area (Å²) in [4.78, 5) is 11.6. The number of thiazole rings is 1. The highest BCUT2D eigenvalue weighted by Crippen LogP contribution is 2.21. The van der Waals surface area contributed by atoms with Gasteiger partial charge in [-0.15, -0.1) is 11.3 Å². The van der Waals surface area contributed by atoms with Gasteiger partial charge in [-0.1, -0.05) is 0 Å². The first-order valence-corrected chi connectivity index (χ1v) is 10.1. The molecule has 0 radical (unpaired) electrons. The van der Waals surface area contributed by atoms with Gasteiger partial charge in [-0.05, 0) is 20.3 Å². The molecule has 0 bridgehead atoms. The van der Waals surface area contributed by atoms with Crippen LogP contribution >= 0.6 is 11.3 Å². The molecule has 1 unspecified atom stereocenters. The van der Waals surface area contributed by atoms with Crippen molar-refractivity contribution in [3.63, 3.8) is 0 Å². The third-order valence-corrected chi connectivity index (χ3v) is 5.30. The molecule has 1 fully saturated rings. The Morgan fingerprint density at radius 3 is 3.08 bits per heavy atom. The Bertz CT molecular complexity index is 725. The number of hydrogen-bond donors (Lipinski definition) is 1. The minimum atomic E-state index is 0.0413. The lowest BCUT2D eigenvalue weighted by atomic mass is 10.1. The fraction of sp³-hybridized carbons (Fsp3) is 0.611. The molecule has 1 aliphatic heterocycles. The summed E-state index contributed by atoms with van der Waals surface area (Å²) in [5, 5.41) is 11.0. The Morgan fingerprint density at radius 1 is 1.50 bits per heavy atom. The second kappa shape index (κ2) is 9.14. The number of aromatic nitrogens is 3. The quantitative estimate of drug-likeness (QED) is 0.475. The smallest absolute Gasteiger partial charge is 0.194 e.